The Hall–Kier alpha value is -1.47. The summed E-state index contributed by atoms with van der Waals surface area (Å²) in [6.45, 7) is 1.92. The zero-order chi connectivity index (χ0) is 10.8. The summed E-state index contributed by atoms with van der Waals surface area (Å²) < 4.78 is 23.4. The third kappa shape index (κ3) is 2.27. The zero-order valence-corrected chi connectivity index (χ0v) is 8.88. The Balaban J connectivity index is 3.17. The molecule has 1 rings (SSSR count). The molecule has 0 unspecified atom stereocenters. The molecule has 0 saturated heterocycles. The molecule has 0 N–H and O–H groups in total. The average Bonchev–Trinajstić information content (AvgIpc) is 2.07. The van der Waals surface area contributed by atoms with E-state index in [1.54, 1.807) is 12.1 Å². The van der Waals surface area contributed by atoms with Gasteiger partial charge in [0, 0.05) is 6.04 Å². The van der Waals surface area contributed by atoms with Crippen molar-refractivity contribution < 1.29 is 8.42 Å². The van der Waals surface area contributed by atoms with Crippen LogP contribution >= 0.6 is 0 Å². The Bertz CT molecular complexity index is 454. The van der Waals surface area contributed by atoms with Gasteiger partial charge in [0.15, 0.2) is 0 Å². The smallest absolute Gasteiger partial charge is 0.206 e. The highest BCUT2D eigenvalue weighted by molar-refractivity contribution is 7.92. The molecule has 0 aromatic heterocycles. The fourth-order valence-electron chi connectivity index (χ4n) is 1.04. The van der Waals surface area contributed by atoms with E-state index in [9.17, 15) is 8.42 Å². The number of hydrogen-bond acceptors (Lipinski definition) is 2. The van der Waals surface area contributed by atoms with Gasteiger partial charge in [0.25, 0.3) is 0 Å². The standard InChI is InChI=1S/C10H11NO2S/c1-4-11(14(3,12)13)10-7-5-9(2)6-8-10/h1,5-8H,2-3H3. The molecule has 0 heterocycles. The van der Waals surface area contributed by atoms with Crippen molar-refractivity contribution >= 4 is 15.7 Å². The maximum absolute atomic E-state index is 11.2. The van der Waals surface area contributed by atoms with E-state index in [2.05, 4.69) is 6.04 Å². The minimum absolute atomic E-state index is 0.487. The van der Waals surface area contributed by atoms with Crippen molar-refractivity contribution in [2.75, 3.05) is 10.6 Å². The largest absolute Gasteiger partial charge is 0.243 e. The van der Waals surface area contributed by atoms with Crippen LogP contribution in [-0.4, -0.2) is 14.7 Å². The number of rotatable bonds is 2. The number of benzene rings is 1. The molecule has 4 heteroatoms. The molecule has 3 nitrogen and oxygen atoms in total. The first-order valence-corrected chi connectivity index (χ1v) is 5.83. The van der Waals surface area contributed by atoms with Crippen LogP contribution in [0.15, 0.2) is 24.3 Å². The van der Waals surface area contributed by atoms with Crippen LogP contribution < -0.4 is 4.31 Å². The SMILES string of the molecule is C#CN(c1ccc(C)cc1)S(C)(=O)=O. The van der Waals surface area contributed by atoms with Crippen molar-refractivity contribution in [3.8, 4) is 12.5 Å². The average molecular weight is 209 g/mol. The highest BCUT2D eigenvalue weighted by Crippen LogP contribution is 2.16. The van der Waals surface area contributed by atoms with Gasteiger partial charge in [-0.3, -0.25) is 0 Å². The lowest BCUT2D eigenvalue weighted by molar-refractivity contribution is 0.602. The molecule has 14 heavy (non-hydrogen) atoms. The van der Waals surface area contributed by atoms with Gasteiger partial charge in [0.2, 0.25) is 10.0 Å². The van der Waals surface area contributed by atoms with Gasteiger partial charge in [-0.1, -0.05) is 24.1 Å². The first kappa shape index (κ1) is 10.6. The molecule has 1 aromatic rings. The fourth-order valence-corrected chi connectivity index (χ4v) is 1.74. The summed E-state index contributed by atoms with van der Waals surface area (Å²) in [4.78, 5) is 0. The predicted octanol–water partition coefficient (Wildman–Crippen LogP) is 1.35. The number of hydrogen-bond donors (Lipinski definition) is 0. The Morgan fingerprint density at radius 3 is 2.14 bits per heavy atom. The molecule has 74 valence electrons. The van der Waals surface area contributed by atoms with E-state index in [1.165, 1.54) is 0 Å². The second-order valence-electron chi connectivity index (χ2n) is 2.99. The summed E-state index contributed by atoms with van der Waals surface area (Å²) in [5, 5.41) is 0. The topological polar surface area (TPSA) is 37.4 Å². The van der Waals surface area contributed by atoms with Gasteiger partial charge in [-0.25, -0.2) is 8.42 Å². The summed E-state index contributed by atoms with van der Waals surface area (Å²) in [5.74, 6) is 0. The number of nitrogens with zero attached hydrogens (tertiary/aromatic N) is 1. The number of anilines is 1. The van der Waals surface area contributed by atoms with Crippen molar-refractivity contribution in [1.29, 1.82) is 0 Å². The molecule has 0 spiro atoms. The molecular weight excluding hydrogens is 198 g/mol. The van der Waals surface area contributed by atoms with Crippen LogP contribution in [0, 0.1) is 19.4 Å². The van der Waals surface area contributed by atoms with E-state index < -0.39 is 10.0 Å². The second kappa shape index (κ2) is 3.72. The third-order valence-electron chi connectivity index (χ3n) is 1.72. The van der Waals surface area contributed by atoms with Crippen molar-refractivity contribution in [2.45, 2.75) is 6.92 Å². The molecule has 0 aliphatic rings. The molecule has 0 bridgehead atoms. The highest BCUT2D eigenvalue weighted by atomic mass is 32.2. The van der Waals surface area contributed by atoms with Crippen LogP contribution in [0.1, 0.15) is 5.56 Å². The normalized spacial score (nSPS) is 10.6. The molecular formula is C10H11NO2S. The van der Waals surface area contributed by atoms with E-state index in [1.807, 2.05) is 19.1 Å². The molecule has 0 amide bonds. The Labute approximate surface area is 84.4 Å². The van der Waals surface area contributed by atoms with Crippen LogP contribution in [0.2, 0.25) is 0 Å². The summed E-state index contributed by atoms with van der Waals surface area (Å²) in [7, 11) is -3.38. The summed E-state index contributed by atoms with van der Waals surface area (Å²) in [6, 6.07) is 9.10. The van der Waals surface area contributed by atoms with Gasteiger partial charge < -0.3 is 0 Å². The van der Waals surface area contributed by atoms with Crippen LogP contribution in [-0.2, 0) is 10.0 Å². The van der Waals surface area contributed by atoms with Gasteiger partial charge in [0.05, 0.1) is 11.9 Å². The van der Waals surface area contributed by atoms with E-state index in [0.717, 1.165) is 16.1 Å². The maximum atomic E-state index is 11.2. The molecule has 0 aliphatic carbocycles. The highest BCUT2D eigenvalue weighted by Gasteiger charge is 2.13. The lowest BCUT2D eigenvalue weighted by Gasteiger charge is -2.14. The maximum Gasteiger partial charge on any atom is 0.243 e. The Morgan fingerprint density at radius 1 is 1.29 bits per heavy atom. The van der Waals surface area contributed by atoms with Gasteiger partial charge in [-0.2, -0.15) is 4.31 Å². The van der Waals surface area contributed by atoms with Crippen LogP contribution in [0.5, 0.6) is 0 Å². The zero-order valence-electron chi connectivity index (χ0n) is 8.06. The molecule has 0 saturated carbocycles. The van der Waals surface area contributed by atoms with Crippen molar-refractivity contribution in [3.63, 3.8) is 0 Å². The first-order valence-electron chi connectivity index (χ1n) is 3.98. The van der Waals surface area contributed by atoms with Gasteiger partial charge >= 0.3 is 0 Å². The number of terminal acetylenes is 1. The van der Waals surface area contributed by atoms with Gasteiger partial charge in [0.1, 0.15) is 0 Å². The third-order valence-corrected chi connectivity index (χ3v) is 2.70. The van der Waals surface area contributed by atoms with E-state index in [-0.39, 0.29) is 0 Å². The van der Waals surface area contributed by atoms with E-state index >= 15 is 0 Å². The van der Waals surface area contributed by atoms with Crippen LogP contribution in [0.4, 0.5) is 5.69 Å². The lowest BCUT2D eigenvalue weighted by Crippen LogP contribution is -2.24. The summed E-state index contributed by atoms with van der Waals surface area (Å²) in [5.41, 5.74) is 1.54. The minimum Gasteiger partial charge on any atom is -0.206 e. The van der Waals surface area contributed by atoms with Crippen molar-refractivity contribution in [2.24, 2.45) is 0 Å². The molecule has 0 atom stereocenters. The van der Waals surface area contributed by atoms with Crippen molar-refractivity contribution in [1.82, 2.24) is 0 Å². The molecule has 1 aromatic carbocycles. The molecule has 0 aliphatic heterocycles. The monoisotopic (exact) mass is 209 g/mol. The Kier molecular flexibility index (Phi) is 2.82. The number of sulfonamides is 1. The predicted molar refractivity (Wildman–Crippen MR) is 57.3 cm³/mol. The van der Waals surface area contributed by atoms with Crippen LogP contribution in [0.25, 0.3) is 0 Å². The van der Waals surface area contributed by atoms with Crippen LogP contribution in [0.3, 0.4) is 0 Å². The minimum atomic E-state index is -3.38. The van der Waals surface area contributed by atoms with Crippen molar-refractivity contribution in [3.05, 3.63) is 29.8 Å². The summed E-state index contributed by atoms with van der Waals surface area (Å²) >= 11 is 0. The van der Waals surface area contributed by atoms with E-state index in [4.69, 9.17) is 6.42 Å². The fraction of sp³-hybridized carbons (Fsp3) is 0.200. The van der Waals surface area contributed by atoms with E-state index in [0.29, 0.717) is 5.69 Å². The summed E-state index contributed by atoms with van der Waals surface area (Å²) in [6.07, 6.45) is 6.20. The molecule has 0 fully saturated rings. The second-order valence-corrected chi connectivity index (χ2v) is 4.82. The quantitative estimate of drug-likeness (QED) is 0.544. The lowest BCUT2D eigenvalue weighted by atomic mass is 10.2. The van der Waals surface area contributed by atoms with Gasteiger partial charge in [-0.15, -0.1) is 0 Å². The number of aryl methyl sites for hydroxylation is 1. The van der Waals surface area contributed by atoms with Gasteiger partial charge in [-0.05, 0) is 19.1 Å². The Morgan fingerprint density at radius 2 is 1.79 bits per heavy atom. The first-order chi connectivity index (χ1) is 6.45. The molecule has 0 radical (unpaired) electrons.